The predicted molar refractivity (Wildman–Crippen MR) is 66.2 cm³/mol. The van der Waals surface area contributed by atoms with Crippen molar-refractivity contribution in [2.24, 2.45) is 0 Å². The third kappa shape index (κ3) is 2.95. The maximum Gasteiger partial charge on any atom is 0.241 e. The van der Waals surface area contributed by atoms with Gasteiger partial charge in [-0.15, -0.1) is 0 Å². The van der Waals surface area contributed by atoms with Crippen LogP contribution >= 0.6 is 0 Å². The molecule has 94 valence electrons. The monoisotopic (exact) mass is 227 g/mol. The molecule has 0 saturated carbocycles. The number of nitrogens with zero attached hydrogens (tertiary/aromatic N) is 2. The van der Waals surface area contributed by atoms with E-state index < -0.39 is 0 Å². The summed E-state index contributed by atoms with van der Waals surface area (Å²) < 4.78 is 0. The standard InChI is InChI=1S/C12H25N3O/c1-5-10-12(16)15(11(6-2)13-10)9-8-14(4)7-3/h10-11,13H,5-9H2,1-4H3. The molecule has 2 unspecified atom stereocenters. The average Bonchev–Trinajstić information content (AvgIpc) is 2.62. The molecule has 0 bridgehead atoms. The van der Waals surface area contributed by atoms with Gasteiger partial charge in [0.05, 0.1) is 12.2 Å². The van der Waals surface area contributed by atoms with Gasteiger partial charge in [-0.3, -0.25) is 10.1 Å². The van der Waals surface area contributed by atoms with E-state index in [2.05, 4.69) is 38.0 Å². The van der Waals surface area contributed by atoms with Gasteiger partial charge in [0.25, 0.3) is 0 Å². The Kier molecular flexibility index (Phi) is 5.22. The molecule has 0 aromatic rings. The molecule has 2 atom stereocenters. The van der Waals surface area contributed by atoms with Crippen LogP contribution in [0.25, 0.3) is 0 Å². The highest BCUT2D eigenvalue weighted by atomic mass is 16.2. The van der Waals surface area contributed by atoms with Crippen LogP contribution < -0.4 is 5.32 Å². The number of hydrogen-bond acceptors (Lipinski definition) is 3. The summed E-state index contributed by atoms with van der Waals surface area (Å²) in [5.74, 6) is 0.277. The highest BCUT2D eigenvalue weighted by molar-refractivity contribution is 5.84. The van der Waals surface area contributed by atoms with E-state index in [-0.39, 0.29) is 18.1 Å². The second-order valence-corrected chi connectivity index (χ2v) is 4.48. The zero-order valence-corrected chi connectivity index (χ0v) is 11.0. The van der Waals surface area contributed by atoms with E-state index in [1.807, 2.05) is 4.90 Å². The quantitative estimate of drug-likeness (QED) is 0.732. The molecule has 1 aliphatic heterocycles. The van der Waals surface area contributed by atoms with E-state index >= 15 is 0 Å². The first kappa shape index (κ1) is 13.5. The largest absolute Gasteiger partial charge is 0.325 e. The molecule has 0 radical (unpaired) electrons. The minimum Gasteiger partial charge on any atom is -0.325 e. The molecule has 0 aromatic heterocycles. The first-order chi connectivity index (χ1) is 7.63. The summed E-state index contributed by atoms with van der Waals surface area (Å²) in [6, 6.07) is 0.0388. The lowest BCUT2D eigenvalue weighted by Crippen LogP contribution is -2.41. The Labute approximate surface area is 99.0 Å². The minimum atomic E-state index is 0.0388. The Bertz CT molecular complexity index is 232. The van der Waals surface area contributed by atoms with Crippen LogP contribution in [0.2, 0.25) is 0 Å². The van der Waals surface area contributed by atoms with E-state index in [1.54, 1.807) is 0 Å². The van der Waals surface area contributed by atoms with Crippen LogP contribution in [0.1, 0.15) is 33.6 Å². The fraction of sp³-hybridized carbons (Fsp3) is 0.917. The highest BCUT2D eigenvalue weighted by Crippen LogP contribution is 2.15. The summed E-state index contributed by atoms with van der Waals surface area (Å²) in [5, 5.41) is 3.39. The Morgan fingerprint density at radius 3 is 2.50 bits per heavy atom. The van der Waals surface area contributed by atoms with Gasteiger partial charge in [0.2, 0.25) is 5.91 Å². The lowest BCUT2D eigenvalue weighted by atomic mass is 10.2. The molecular weight excluding hydrogens is 202 g/mol. The molecule has 1 heterocycles. The van der Waals surface area contributed by atoms with Crippen LogP contribution in [-0.2, 0) is 4.79 Å². The molecule has 4 nitrogen and oxygen atoms in total. The van der Waals surface area contributed by atoms with Crippen molar-refractivity contribution >= 4 is 5.91 Å². The van der Waals surface area contributed by atoms with E-state index in [9.17, 15) is 4.79 Å². The Hall–Kier alpha value is -0.610. The average molecular weight is 227 g/mol. The van der Waals surface area contributed by atoms with Crippen molar-refractivity contribution in [3.63, 3.8) is 0 Å². The van der Waals surface area contributed by atoms with Gasteiger partial charge < -0.3 is 9.80 Å². The van der Waals surface area contributed by atoms with Crippen LogP contribution in [0, 0.1) is 0 Å². The highest BCUT2D eigenvalue weighted by Gasteiger charge is 2.36. The van der Waals surface area contributed by atoms with E-state index in [1.165, 1.54) is 0 Å². The van der Waals surface area contributed by atoms with Gasteiger partial charge in [0, 0.05) is 13.1 Å². The maximum atomic E-state index is 12.1. The molecule has 1 amide bonds. The van der Waals surface area contributed by atoms with Crippen LogP contribution in [-0.4, -0.2) is 54.6 Å². The van der Waals surface area contributed by atoms with Crippen LogP contribution in [0.3, 0.4) is 0 Å². The van der Waals surface area contributed by atoms with Gasteiger partial charge in [-0.2, -0.15) is 0 Å². The third-order valence-corrected chi connectivity index (χ3v) is 3.41. The summed E-state index contributed by atoms with van der Waals surface area (Å²) in [6.07, 6.45) is 2.11. The second kappa shape index (κ2) is 6.21. The molecule has 1 N–H and O–H groups in total. The summed E-state index contributed by atoms with van der Waals surface area (Å²) in [7, 11) is 2.09. The smallest absolute Gasteiger partial charge is 0.241 e. The lowest BCUT2D eigenvalue weighted by Gasteiger charge is -2.25. The number of nitrogens with one attached hydrogen (secondary N) is 1. The van der Waals surface area contributed by atoms with E-state index in [0.717, 1.165) is 32.5 Å². The summed E-state index contributed by atoms with van der Waals surface area (Å²) in [4.78, 5) is 16.3. The van der Waals surface area contributed by atoms with Gasteiger partial charge in [-0.05, 0) is 26.4 Å². The van der Waals surface area contributed by atoms with Gasteiger partial charge >= 0.3 is 0 Å². The van der Waals surface area contributed by atoms with Gasteiger partial charge in [0.1, 0.15) is 0 Å². The van der Waals surface area contributed by atoms with Crippen molar-refractivity contribution in [2.75, 3.05) is 26.7 Å². The second-order valence-electron chi connectivity index (χ2n) is 4.48. The molecule has 1 aliphatic rings. The minimum absolute atomic E-state index is 0.0388. The topological polar surface area (TPSA) is 35.6 Å². The normalized spacial score (nSPS) is 25.8. The van der Waals surface area contributed by atoms with E-state index in [0.29, 0.717) is 0 Å². The molecular formula is C12H25N3O. The number of likely N-dealkylation sites (N-methyl/N-ethyl adjacent to an activating group) is 1. The molecule has 4 heteroatoms. The van der Waals surface area contributed by atoms with Crippen molar-refractivity contribution in [1.82, 2.24) is 15.1 Å². The van der Waals surface area contributed by atoms with Crippen molar-refractivity contribution in [1.29, 1.82) is 0 Å². The Morgan fingerprint density at radius 2 is 2.00 bits per heavy atom. The van der Waals surface area contributed by atoms with Crippen LogP contribution in [0.15, 0.2) is 0 Å². The molecule has 1 fully saturated rings. The Morgan fingerprint density at radius 1 is 1.31 bits per heavy atom. The van der Waals surface area contributed by atoms with Crippen LogP contribution in [0.4, 0.5) is 0 Å². The molecule has 0 aromatic carbocycles. The van der Waals surface area contributed by atoms with Crippen molar-refractivity contribution < 1.29 is 4.79 Å². The number of carbonyl (C=O) groups excluding carboxylic acids is 1. The molecule has 0 spiro atoms. The number of amides is 1. The zero-order chi connectivity index (χ0) is 12.1. The van der Waals surface area contributed by atoms with Crippen molar-refractivity contribution in [3.05, 3.63) is 0 Å². The lowest BCUT2D eigenvalue weighted by molar-refractivity contribution is -0.130. The summed E-state index contributed by atoms with van der Waals surface area (Å²) in [6.45, 7) is 9.14. The third-order valence-electron chi connectivity index (χ3n) is 3.41. The first-order valence-electron chi connectivity index (χ1n) is 6.39. The van der Waals surface area contributed by atoms with Crippen molar-refractivity contribution in [3.8, 4) is 0 Å². The maximum absolute atomic E-state index is 12.1. The van der Waals surface area contributed by atoms with E-state index in [4.69, 9.17) is 0 Å². The fourth-order valence-electron chi connectivity index (χ4n) is 2.08. The molecule has 1 rings (SSSR count). The summed E-state index contributed by atoms with van der Waals surface area (Å²) in [5.41, 5.74) is 0. The SMILES string of the molecule is CCC1NC(CC)N(CCN(C)CC)C1=O. The van der Waals surface area contributed by atoms with Crippen molar-refractivity contribution in [2.45, 2.75) is 45.8 Å². The zero-order valence-electron chi connectivity index (χ0n) is 11.0. The molecule has 16 heavy (non-hydrogen) atoms. The number of hydrogen-bond donors (Lipinski definition) is 1. The van der Waals surface area contributed by atoms with Gasteiger partial charge in [-0.1, -0.05) is 20.8 Å². The Balaban J connectivity index is 2.52. The first-order valence-corrected chi connectivity index (χ1v) is 6.39. The number of rotatable bonds is 6. The fourth-order valence-corrected chi connectivity index (χ4v) is 2.08. The van der Waals surface area contributed by atoms with Gasteiger partial charge in [-0.25, -0.2) is 0 Å². The number of carbonyl (C=O) groups is 1. The molecule has 1 saturated heterocycles. The predicted octanol–water partition coefficient (Wildman–Crippen LogP) is 0.885. The molecule has 0 aliphatic carbocycles. The summed E-state index contributed by atoms with van der Waals surface area (Å²) >= 11 is 0. The van der Waals surface area contributed by atoms with Gasteiger partial charge in [0.15, 0.2) is 0 Å². The van der Waals surface area contributed by atoms with Crippen LogP contribution in [0.5, 0.6) is 0 Å².